The van der Waals surface area contributed by atoms with Gasteiger partial charge in [-0.25, -0.2) is 0 Å². The Kier molecular flexibility index (Phi) is 13.7. The zero-order chi connectivity index (χ0) is 33.1. The third-order valence-electron chi connectivity index (χ3n) is 6.73. The number of alkyl halides is 6. The molecule has 2 heterocycles. The summed E-state index contributed by atoms with van der Waals surface area (Å²) in [5.41, 5.74) is -3.80. The zero-order valence-electron chi connectivity index (χ0n) is 23.9. The van der Waals surface area contributed by atoms with Crippen LogP contribution in [0.25, 0.3) is 0 Å². The molecular formula is C27H34F6N4O6. The number of hydrogen-bond donors (Lipinski definition) is 4. The second kappa shape index (κ2) is 16.0. The summed E-state index contributed by atoms with van der Waals surface area (Å²) in [5.74, 6) is -1.00. The lowest BCUT2D eigenvalue weighted by Crippen LogP contribution is -2.44. The number of aryl methyl sites for hydroxylation is 1. The first-order chi connectivity index (χ1) is 20.0. The molecule has 0 spiro atoms. The molecule has 0 radical (unpaired) electrons. The lowest BCUT2D eigenvalue weighted by Gasteiger charge is -2.39. The number of amides is 1. The number of benzene rings is 1. The molecule has 1 saturated heterocycles. The van der Waals surface area contributed by atoms with Gasteiger partial charge in [0.2, 0.25) is 0 Å². The number of piperidine rings is 1. The van der Waals surface area contributed by atoms with Crippen molar-refractivity contribution in [1.29, 1.82) is 0 Å². The number of pyridine rings is 1. The summed E-state index contributed by atoms with van der Waals surface area (Å²) in [6.07, 6.45) is -8.13. The topological polar surface area (TPSA) is 143 Å². The number of likely N-dealkylation sites (tertiary alicyclic amines) is 1. The van der Waals surface area contributed by atoms with Crippen molar-refractivity contribution in [2.45, 2.75) is 58.6 Å². The molecule has 0 aliphatic carbocycles. The minimum Gasteiger partial charge on any atom is -0.483 e. The van der Waals surface area contributed by atoms with Crippen LogP contribution < -0.4 is 15.8 Å². The van der Waals surface area contributed by atoms with E-state index >= 15 is 0 Å². The first-order valence-electron chi connectivity index (χ1n) is 12.9. The van der Waals surface area contributed by atoms with E-state index in [9.17, 15) is 35.9 Å². The third-order valence-corrected chi connectivity index (χ3v) is 6.73. The van der Waals surface area contributed by atoms with Crippen molar-refractivity contribution in [2.24, 2.45) is 0 Å². The van der Waals surface area contributed by atoms with E-state index in [0.717, 1.165) is 38.1 Å². The zero-order valence-corrected chi connectivity index (χ0v) is 23.9. The van der Waals surface area contributed by atoms with E-state index in [1.165, 1.54) is 13.8 Å². The highest BCUT2D eigenvalue weighted by atomic mass is 19.4. The van der Waals surface area contributed by atoms with Crippen LogP contribution in [0.5, 0.6) is 0 Å². The molecule has 10 nitrogen and oxygen atoms in total. The van der Waals surface area contributed by atoms with Gasteiger partial charge in [-0.1, -0.05) is 0 Å². The Hall–Kier alpha value is -4.08. The second-order valence-electron chi connectivity index (χ2n) is 9.55. The number of carbonyl (C=O) groups excluding carboxylic acids is 1. The van der Waals surface area contributed by atoms with Gasteiger partial charge in [0.1, 0.15) is 0 Å². The number of halogens is 6. The summed E-state index contributed by atoms with van der Waals surface area (Å²) in [6.45, 7) is 5.28. The van der Waals surface area contributed by atoms with Crippen LogP contribution in [0.1, 0.15) is 58.1 Å². The van der Waals surface area contributed by atoms with Crippen molar-refractivity contribution < 1.29 is 50.9 Å². The molecule has 16 heteroatoms. The predicted octanol–water partition coefficient (Wildman–Crippen LogP) is 4.28. The number of H-pyrrole nitrogens is 1. The van der Waals surface area contributed by atoms with Gasteiger partial charge in [-0.15, -0.1) is 0 Å². The van der Waals surface area contributed by atoms with Crippen molar-refractivity contribution in [1.82, 2.24) is 15.2 Å². The molecule has 0 unspecified atom stereocenters. The van der Waals surface area contributed by atoms with Crippen molar-refractivity contribution in [2.75, 3.05) is 31.6 Å². The maximum atomic E-state index is 13.8. The van der Waals surface area contributed by atoms with Gasteiger partial charge < -0.3 is 30.3 Å². The number of carboxylic acid groups (broad SMARTS) is 2. The fraction of sp³-hybridized carbons (Fsp3) is 0.481. The summed E-state index contributed by atoms with van der Waals surface area (Å²) < 4.78 is 81.9. The van der Waals surface area contributed by atoms with E-state index < -0.39 is 47.1 Å². The molecule has 0 bridgehead atoms. The number of anilines is 1. The van der Waals surface area contributed by atoms with Gasteiger partial charge in [-0.05, 0) is 77.5 Å². The maximum Gasteiger partial charge on any atom is 0.417 e. The molecule has 1 aromatic carbocycles. The van der Waals surface area contributed by atoms with E-state index in [1.54, 1.807) is 0 Å². The van der Waals surface area contributed by atoms with Gasteiger partial charge in [0, 0.05) is 41.6 Å². The lowest BCUT2D eigenvalue weighted by molar-refractivity contribution is -0.139. The Morgan fingerprint density at radius 1 is 1.05 bits per heavy atom. The first kappa shape index (κ1) is 36.9. The minimum absolute atomic E-state index is 0.0145. The normalized spacial score (nSPS) is 14.0. The average molecular weight is 625 g/mol. The molecule has 0 atom stereocenters. The maximum absolute atomic E-state index is 13.8. The smallest absolute Gasteiger partial charge is 0.417 e. The number of aromatic amines is 1. The van der Waals surface area contributed by atoms with Crippen LogP contribution in [0.15, 0.2) is 23.0 Å². The van der Waals surface area contributed by atoms with Crippen molar-refractivity contribution in [3.05, 3.63) is 62.1 Å². The summed E-state index contributed by atoms with van der Waals surface area (Å²) in [5, 5.41) is 16.0. The molecule has 2 aromatic rings. The SMILES string of the molecule is CCN(c1cc(C(F)(F)F)cc(C(=O)NCc2c(C(F)(F)F)cc(C)[nH]c2=O)c1C)C1CCN(C)CC1.O=CO.O=CO. The predicted molar refractivity (Wildman–Crippen MR) is 145 cm³/mol. The quantitative estimate of drug-likeness (QED) is 0.276. The Morgan fingerprint density at radius 2 is 1.58 bits per heavy atom. The number of carbonyl (C=O) groups is 3. The van der Waals surface area contributed by atoms with E-state index in [0.29, 0.717) is 12.6 Å². The summed E-state index contributed by atoms with van der Waals surface area (Å²) in [6, 6.07) is 2.43. The Bertz CT molecular complexity index is 1300. The number of nitrogens with zero attached hydrogens (tertiary/aromatic N) is 2. The fourth-order valence-electron chi connectivity index (χ4n) is 4.74. The summed E-state index contributed by atoms with van der Waals surface area (Å²) >= 11 is 0. The first-order valence-corrected chi connectivity index (χ1v) is 12.9. The van der Waals surface area contributed by atoms with Crippen molar-refractivity contribution in [3.63, 3.8) is 0 Å². The van der Waals surface area contributed by atoms with Crippen LogP contribution in [0.4, 0.5) is 32.0 Å². The molecule has 1 aromatic heterocycles. The van der Waals surface area contributed by atoms with Gasteiger partial charge in [0.05, 0.1) is 11.1 Å². The minimum atomic E-state index is -4.85. The van der Waals surface area contributed by atoms with E-state index in [1.807, 2.05) is 18.9 Å². The fourth-order valence-corrected chi connectivity index (χ4v) is 4.74. The van der Waals surface area contributed by atoms with E-state index in [4.69, 9.17) is 19.8 Å². The van der Waals surface area contributed by atoms with Gasteiger partial charge in [0.25, 0.3) is 24.4 Å². The van der Waals surface area contributed by atoms with E-state index in [2.05, 4.69) is 15.2 Å². The summed E-state index contributed by atoms with van der Waals surface area (Å²) in [7, 11) is 1.97. The molecule has 4 N–H and O–H groups in total. The monoisotopic (exact) mass is 624 g/mol. The van der Waals surface area contributed by atoms with Crippen LogP contribution in [-0.2, 0) is 28.5 Å². The largest absolute Gasteiger partial charge is 0.483 e. The standard InChI is InChI=1S/C25H30F6N4O2.2CH2O2/c1-5-35(17-6-8-34(4)9-7-17)21-12-16(24(26,27)28)11-18(15(21)3)22(36)32-13-19-20(25(29,30)31)10-14(2)33-23(19)37;2*2-1-3/h10-12,17H,5-9,13H2,1-4H3,(H,32,36)(H,33,37);2*1H,(H,2,3). The highest BCUT2D eigenvalue weighted by molar-refractivity contribution is 5.97. The van der Waals surface area contributed by atoms with Crippen LogP contribution in [0.3, 0.4) is 0 Å². The third kappa shape index (κ3) is 10.3. The second-order valence-corrected chi connectivity index (χ2v) is 9.55. The molecule has 1 amide bonds. The van der Waals surface area contributed by atoms with Crippen molar-refractivity contribution in [3.8, 4) is 0 Å². The molecule has 0 saturated carbocycles. The molecule has 1 fully saturated rings. The molecular weight excluding hydrogens is 590 g/mol. The molecule has 1 aliphatic heterocycles. The number of rotatable bonds is 6. The number of aromatic nitrogens is 1. The highest BCUT2D eigenvalue weighted by Crippen LogP contribution is 2.37. The van der Waals surface area contributed by atoms with Gasteiger partial charge in [0.15, 0.2) is 0 Å². The molecule has 1 aliphatic rings. The lowest BCUT2D eigenvalue weighted by atomic mass is 9.97. The van der Waals surface area contributed by atoms with Crippen LogP contribution in [0, 0.1) is 13.8 Å². The Balaban J connectivity index is 0.00000142. The number of hydrogen-bond acceptors (Lipinski definition) is 6. The Morgan fingerprint density at radius 3 is 2.05 bits per heavy atom. The van der Waals surface area contributed by atoms with Crippen LogP contribution in [-0.4, -0.2) is 71.7 Å². The van der Waals surface area contributed by atoms with Gasteiger partial charge in [-0.3, -0.25) is 19.2 Å². The van der Waals surface area contributed by atoms with Crippen molar-refractivity contribution >= 4 is 24.5 Å². The highest BCUT2D eigenvalue weighted by Gasteiger charge is 2.36. The van der Waals surface area contributed by atoms with Gasteiger partial charge >= 0.3 is 12.4 Å². The van der Waals surface area contributed by atoms with Crippen LogP contribution in [0.2, 0.25) is 0 Å². The average Bonchev–Trinajstić information content (AvgIpc) is 2.89. The molecule has 3 rings (SSSR count). The van der Waals surface area contributed by atoms with Gasteiger partial charge in [-0.2, -0.15) is 26.3 Å². The summed E-state index contributed by atoms with van der Waals surface area (Å²) in [4.78, 5) is 48.2. The van der Waals surface area contributed by atoms with Crippen LogP contribution >= 0.6 is 0 Å². The number of nitrogens with one attached hydrogen (secondary N) is 2. The molecule has 43 heavy (non-hydrogen) atoms. The van der Waals surface area contributed by atoms with E-state index in [-0.39, 0.29) is 41.5 Å². The Labute approximate surface area is 243 Å². The molecule has 240 valence electrons.